The van der Waals surface area contributed by atoms with Gasteiger partial charge in [0.1, 0.15) is 17.7 Å². The van der Waals surface area contributed by atoms with Crippen molar-refractivity contribution in [2.24, 2.45) is 5.92 Å². The third kappa shape index (κ3) is 11.7. The van der Waals surface area contributed by atoms with Crippen LogP contribution in [0.2, 0.25) is 18.1 Å². The molecule has 0 heterocycles. The SMILES string of the molecule is CNC(=O)[C@H](Cc1ccc2ccccc2c1)NC(=O)[C@H](CC(C)C)N[C@H](CCO[Si](C)(C)C(C)(C)C)C(=O)OC(C)(C)C. The van der Waals surface area contributed by atoms with E-state index in [-0.39, 0.29) is 22.8 Å². The second kappa shape index (κ2) is 15.3. The number of hydrogen-bond donors (Lipinski definition) is 3. The van der Waals surface area contributed by atoms with Gasteiger partial charge in [-0.3, -0.25) is 19.7 Å². The molecule has 9 heteroatoms. The van der Waals surface area contributed by atoms with Crippen molar-refractivity contribution >= 4 is 36.9 Å². The fraction of sp³-hybridized carbons (Fsp3) is 0.618. The summed E-state index contributed by atoms with van der Waals surface area (Å²) < 4.78 is 12.1. The monoisotopic (exact) mass is 613 g/mol. The second-order valence-corrected chi connectivity index (χ2v) is 19.2. The number of hydrogen-bond acceptors (Lipinski definition) is 6. The van der Waals surface area contributed by atoms with Crippen molar-refractivity contribution in [3.05, 3.63) is 48.0 Å². The van der Waals surface area contributed by atoms with Crippen LogP contribution in [0.3, 0.4) is 0 Å². The minimum absolute atomic E-state index is 0.0296. The highest BCUT2D eigenvalue weighted by Crippen LogP contribution is 2.36. The molecular weight excluding hydrogens is 558 g/mol. The van der Waals surface area contributed by atoms with Crippen LogP contribution < -0.4 is 16.0 Å². The molecule has 0 saturated heterocycles. The Labute approximate surface area is 260 Å². The summed E-state index contributed by atoms with van der Waals surface area (Å²) in [4.78, 5) is 40.1. The quantitative estimate of drug-likeness (QED) is 0.185. The molecule has 0 radical (unpaired) electrons. The number of nitrogens with one attached hydrogen (secondary N) is 3. The maximum absolute atomic E-state index is 13.8. The van der Waals surface area contributed by atoms with E-state index in [0.717, 1.165) is 16.3 Å². The predicted octanol–water partition coefficient (Wildman–Crippen LogP) is 5.74. The Kier molecular flexibility index (Phi) is 13.0. The third-order valence-corrected chi connectivity index (χ3v) is 12.5. The maximum atomic E-state index is 13.8. The minimum Gasteiger partial charge on any atom is -0.459 e. The smallest absolute Gasteiger partial charge is 0.323 e. The number of carbonyl (C=O) groups is 3. The number of esters is 1. The Bertz CT molecular complexity index is 1230. The van der Waals surface area contributed by atoms with Crippen molar-refractivity contribution in [3.8, 4) is 0 Å². The van der Waals surface area contributed by atoms with Crippen molar-refractivity contribution < 1.29 is 23.5 Å². The van der Waals surface area contributed by atoms with E-state index in [1.165, 1.54) is 0 Å². The van der Waals surface area contributed by atoms with Gasteiger partial charge in [0.25, 0.3) is 0 Å². The fourth-order valence-corrected chi connectivity index (χ4v) is 5.57. The van der Waals surface area contributed by atoms with Crippen LogP contribution in [0.5, 0.6) is 0 Å². The highest BCUT2D eigenvalue weighted by atomic mass is 28.4. The second-order valence-electron chi connectivity index (χ2n) is 14.4. The molecule has 2 aromatic rings. The average Bonchev–Trinajstić information content (AvgIpc) is 2.89. The summed E-state index contributed by atoms with van der Waals surface area (Å²) in [6, 6.07) is 11.8. The zero-order valence-electron chi connectivity index (χ0n) is 28.2. The lowest BCUT2D eigenvalue weighted by Gasteiger charge is -2.36. The number of ether oxygens (including phenoxy) is 1. The molecule has 0 bridgehead atoms. The molecular formula is C34H55N3O5Si. The number of amides is 2. The minimum atomic E-state index is -2.04. The van der Waals surface area contributed by atoms with Crippen molar-refractivity contribution in [2.75, 3.05) is 13.7 Å². The van der Waals surface area contributed by atoms with Gasteiger partial charge in [-0.2, -0.15) is 0 Å². The molecule has 0 aliphatic heterocycles. The Hall–Kier alpha value is -2.75. The van der Waals surface area contributed by atoms with Gasteiger partial charge in [0.2, 0.25) is 11.8 Å². The summed E-state index contributed by atoms with van der Waals surface area (Å²) in [5.41, 5.74) is 0.257. The van der Waals surface area contributed by atoms with Crippen molar-refractivity contribution in [1.82, 2.24) is 16.0 Å². The largest absolute Gasteiger partial charge is 0.459 e. The average molecular weight is 614 g/mol. The molecule has 0 aliphatic carbocycles. The van der Waals surface area contributed by atoms with Crippen LogP contribution in [0.1, 0.15) is 73.8 Å². The molecule has 2 rings (SSSR count). The van der Waals surface area contributed by atoms with Crippen LogP contribution in [0.4, 0.5) is 0 Å². The van der Waals surface area contributed by atoms with Crippen molar-refractivity contribution in [2.45, 2.75) is 117 Å². The Morgan fingerprint density at radius 2 is 1.49 bits per heavy atom. The summed E-state index contributed by atoms with van der Waals surface area (Å²) in [6.45, 7) is 20.8. The molecule has 2 aromatic carbocycles. The molecule has 0 unspecified atom stereocenters. The lowest BCUT2D eigenvalue weighted by molar-refractivity contribution is -0.158. The van der Waals surface area contributed by atoms with Gasteiger partial charge >= 0.3 is 5.97 Å². The van der Waals surface area contributed by atoms with Crippen LogP contribution in [0.25, 0.3) is 10.8 Å². The molecule has 3 N–H and O–H groups in total. The van der Waals surface area contributed by atoms with Gasteiger partial charge in [-0.15, -0.1) is 0 Å². The summed E-state index contributed by atoms with van der Waals surface area (Å²) in [6.07, 6.45) is 1.17. The molecule has 0 fully saturated rings. The molecule has 240 valence electrons. The van der Waals surface area contributed by atoms with E-state index in [2.05, 4.69) is 49.8 Å². The first kappa shape index (κ1) is 36.4. The molecule has 0 spiro atoms. The lowest BCUT2D eigenvalue weighted by atomic mass is 9.99. The van der Waals surface area contributed by atoms with E-state index in [0.29, 0.717) is 25.9 Å². The van der Waals surface area contributed by atoms with E-state index < -0.39 is 38.0 Å². The third-order valence-electron chi connectivity index (χ3n) is 7.93. The van der Waals surface area contributed by atoms with Gasteiger partial charge in [-0.1, -0.05) is 77.1 Å². The van der Waals surface area contributed by atoms with E-state index in [9.17, 15) is 14.4 Å². The molecule has 0 saturated carbocycles. The molecule has 43 heavy (non-hydrogen) atoms. The topological polar surface area (TPSA) is 106 Å². The van der Waals surface area contributed by atoms with Crippen molar-refractivity contribution in [3.63, 3.8) is 0 Å². The van der Waals surface area contributed by atoms with Crippen LogP contribution in [-0.4, -0.2) is 63.5 Å². The molecule has 2 amide bonds. The first-order valence-corrected chi connectivity index (χ1v) is 18.4. The first-order valence-electron chi connectivity index (χ1n) is 15.5. The highest BCUT2D eigenvalue weighted by Gasteiger charge is 2.38. The van der Waals surface area contributed by atoms with Crippen LogP contribution in [0.15, 0.2) is 42.5 Å². The van der Waals surface area contributed by atoms with E-state index in [4.69, 9.17) is 9.16 Å². The Balaban J connectivity index is 2.28. The van der Waals surface area contributed by atoms with Crippen molar-refractivity contribution in [1.29, 1.82) is 0 Å². The number of carbonyl (C=O) groups excluding carboxylic acids is 3. The standard InChI is InChI=1S/C34H55N3O5Si/c1-23(2)20-28(36-27(32(40)42-33(3,4)5)18-19-41-43(10,11)34(6,7)8)31(39)37-29(30(38)35-9)22-24-16-17-25-14-12-13-15-26(25)21-24/h12-17,21,23,27-29,36H,18-20,22H2,1-11H3,(H,35,38)(H,37,39)/t27-,28+,29+/m1/s1. The van der Waals surface area contributed by atoms with Crippen LogP contribution in [-0.2, 0) is 30.0 Å². The summed E-state index contributed by atoms with van der Waals surface area (Å²) >= 11 is 0. The summed E-state index contributed by atoms with van der Waals surface area (Å²) in [5, 5.41) is 11.2. The van der Waals surface area contributed by atoms with Crippen LogP contribution >= 0.6 is 0 Å². The normalized spacial score (nSPS) is 14.7. The van der Waals surface area contributed by atoms with Crippen LogP contribution in [0, 0.1) is 5.92 Å². The zero-order chi connectivity index (χ0) is 32.6. The van der Waals surface area contributed by atoms with Gasteiger partial charge in [0.05, 0.1) is 6.04 Å². The summed E-state index contributed by atoms with van der Waals surface area (Å²) in [7, 11) is -0.476. The number of benzene rings is 2. The van der Waals surface area contributed by atoms with Gasteiger partial charge in [-0.05, 0) is 74.0 Å². The van der Waals surface area contributed by atoms with E-state index >= 15 is 0 Å². The fourth-order valence-electron chi connectivity index (χ4n) is 4.51. The Morgan fingerprint density at radius 3 is 2.05 bits per heavy atom. The first-order chi connectivity index (χ1) is 19.8. The molecule has 0 aromatic heterocycles. The molecule has 3 atom stereocenters. The lowest BCUT2D eigenvalue weighted by Crippen LogP contribution is -2.57. The Morgan fingerprint density at radius 1 is 0.860 bits per heavy atom. The van der Waals surface area contributed by atoms with Gasteiger partial charge in [0, 0.05) is 20.1 Å². The number of rotatable bonds is 14. The highest BCUT2D eigenvalue weighted by molar-refractivity contribution is 6.74. The zero-order valence-corrected chi connectivity index (χ0v) is 29.2. The number of likely N-dealkylation sites (N-methyl/N-ethyl adjacent to an activating group) is 1. The van der Waals surface area contributed by atoms with E-state index in [1.807, 2.05) is 77.1 Å². The molecule has 0 aliphatic rings. The van der Waals surface area contributed by atoms with Gasteiger partial charge in [-0.25, -0.2) is 0 Å². The summed E-state index contributed by atoms with van der Waals surface area (Å²) in [5.74, 6) is -0.880. The molecule has 8 nitrogen and oxygen atoms in total. The number of fused-ring (bicyclic) bond motifs is 1. The van der Waals surface area contributed by atoms with Gasteiger partial charge < -0.3 is 19.8 Å². The predicted molar refractivity (Wildman–Crippen MR) is 177 cm³/mol. The maximum Gasteiger partial charge on any atom is 0.323 e. The van der Waals surface area contributed by atoms with E-state index in [1.54, 1.807) is 7.05 Å². The van der Waals surface area contributed by atoms with Gasteiger partial charge in [0.15, 0.2) is 8.32 Å².